The predicted molar refractivity (Wildman–Crippen MR) is 72.6 cm³/mol. The Labute approximate surface area is 113 Å². The van der Waals surface area contributed by atoms with E-state index in [4.69, 9.17) is 0 Å². The molecule has 1 saturated carbocycles. The number of likely N-dealkylation sites (N-methyl/N-ethyl adjacent to an activating group) is 1. The summed E-state index contributed by atoms with van der Waals surface area (Å²) in [5.41, 5.74) is 0.0305. The summed E-state index contributed by atoms with van der Waals surface area (Å²) in [6.45, 7) is 2.86. The number of carbonyl (C=O) groups is 2. The molecule has 0 aromatic carbocycles. The third-order valence-corrected chi connectivity index (χ3v) is 4.22. The van der Waals surface area contributed by atoms with Crippen LogP contribution in [0.25, 0.3) is 0 Å². The van der Waals surface area contributed by atoms with Crippen molar-refractivity contribution in [2.45, 2.75) is 38.1 Å². The number of rotatable bonds is 3. The molecule has 6 heteroatoms. The molecule has 0 aromatic heterocycles. The minimum atomic E-state index is -0.630. The van der Waals surface area contributed by atoms with E-state index in [1.54, 1.807) is 0 Å². The minimum Gasteiger partial charge on any atom is -0.302 e. The molecule has 2 aliphatic rings. The van der Waals surface area contributed by atoms with Gasteiger partial charge < -0.3 is 4.90 Å². The third kappa shape index (κ3) is 2.94. The first-order valence-corrected chi connectivity index (χ1v) is 6.77. The van der Waals surface area contributed by atoms with E-state index < -0.39 is 11.8 Å². The Morgan fingerprint density at radius 2 is 1.95 bits per heavy atom. The molecule has 1 aliphatic carbocycles. The zero-order valence-electron chi connectivity index (χ0n) is 11.8. The topological polar surface area (TPSA) is 73.8 Å². The number of amides is 2. The molecule has 6 nitrogen and oxygen atoms in total. The molecule has 19 heavy (non-hydrogen) atoms. The molecule has 2 amide bonds. The minimum absolute atomic E-state index is 0.0305. The van der Waals surface area contributed by atoms with Gasteiger partial charge in [0.1, 0.15) is 0 Å². The first kappa shape index (κ1) is 14.0. The number of hydrogen-bond acceptors (Lipinski definition) is 4. The number of nitrogens with zero attached hydrogens (tertiary/aromatic N) is 2. The lowest BCUT2D eigenvalue weighted by Gasteiger charge is -2.44. The van der Waals surface area contributed by atoms with Gasteiger partial charge in [-0.05, 0) is 32.9 Å². The molecule has 106 valence electrons. The van der Waals surface area contributed by atoms with Crippen LogP contribution in [0.3, 0.4) is 0 Å². The quantitative estimate of drug-likeness (QED) is 0.711. The van der Waals surface area contributed by atoms with E-state index in [0.717, 1.165) is 12.8 Å². The highest BCUT2D eigenvalue weighted by atomic mass is 16.2. The van der Waals surface area contributed by atoms with Gasteiger partial charge in [0, 0.05) is 5.54 Å². The van der Waals surface area contributed by atoms with E-state index in [1.165, 1.54) is 12.8 Å². The van der Waals surface area contributed by atoms with Crippen molar-refractivity contribution < 1.29 is 9.59 Å². The molecule has 2 atom stereocenters. The zero-order valence-corrected chi connectivity index (χ0v) is 11.8. The molecule has 0 bridgehead atoms. The van der Waals surface area contributed by atoms with Crippen LogP contribution in [0.5, 0.6) is 0 Å². The summed E-state index contributed by atoms with van der Waals surface area (Å²) in [6.07, 6.45) is 4.66. The normalized spacial score (nSPS) is 31.4. The Balaban J connectivity index is 2.07. The molecule has 1 aliphatic heterocycles. The lowest BCUT2D eigenvalue weighted by atomic mass is 9.75. The number of hydrogen-bond donors (Lipinski definition) is 2. The molecular formula is C13H22N4O2. The van der Waals surface area contributed by atoms with Gasteiger partial charge in [-0.15, -0.1) is 0 Å². The molecular weight excluding hydrogens is 244 g/mol. The van der Waals surface area contributed by atoms with Crippen molar-refractivity contribution in [2.24, 2.45) is 10.9 Å². The second-order valence-corrected chi connectivity index (χ2v) is 5.89. The van der Waals surface area contributed by atoms with E-state index in [2.05, 4.69) is 41.5 Å². The summed E-state index contributed by atoms with van der Waals surface area (Å²) in [5.74, 6) is -0.289. The SMILES string of the molecule is CC1CCCC(CN=C2NC(=O)C(=O)N2)(N(C)C)C1. The van der Waals surface area contributed by atoms with E-state index in [1.807, 2.05) is 0 Å². The smallest absolute Gasteiger partial charge is 0.302 e. The molecule has 2 unspecified atom stereocenters. The fourth-order valence-corrected chi connectivity index (χ4v) is 2.99. The van der Waals surface area contributed by atoms with Crippen molar-refractivity contribution in [2.75, 3.05) is 20.6 Å². The second kappa shape index (κ2) is 5.28. The Hall–Kier alpha value is -1.43. The van der Waals surface area contributed by atoms with Crippen molar-refractivity contribution in [3.05, 3.63) is 0 Å². The van der Waals surface area contributed by atoms with Gasteiger partial charge >= 0.3 is 11.8 Å². The van der Waals surface area contributed by atoms with Crippen molar-refractivity contribution in [3.63, 3.8) is 0 Å². The first-order valence-electron chi connectivity index (χ1n) is 6.77. The second-order valence-electron chi connectivity index (χ2n) is 5.89. The van der Waals surface area contributed by atoms with Crippen LogP contribution >= 0.6 is 0 Å². The van der Waals surface area contributed by atoms with Crippen LogP contribution in [-0.4, -0.2) is 48.9 Å². The molecule has 1 heterocycles. The zero-order chi connectivity index (χ0) is 14.0. The maximum Gasteiger partial charge on any atom is 0.316 e. The van der Waals surface area contributed by atoms with Crippen LogP contribution in [0.2, 0.25) is 0 Å². The standard InChI is InChI=1S/C13H22N4O2/c1-9-5-4-6-13(7-9,17(2)3)8-14-12-15-10(18)11(19)16-12/h9H,4-8H2,1-3H3,(H2,14,15,16,18,19). The molecule has 0 radical (unpaired) electrons. The fraction of sp³-hybridized carbons (Fsp3) is 0.769. The Morgan fingerprint density at radius 1 is 1.32 bits per heavy atom. The Kier molecular flexibility index (Phi) is 3.89. The van der Waals surface area contributed by atoms with E-state index in [-0.39, 0.29) is 11.5 Å². The molecule has 2 fully saturated rings. The van der Waals surface area contributed by atoms with Gasteiger partial charge in [-0.25, -0.2) is 0 Å². The molecule has 0 aromatic rings. The van der Waals surface area contributed by atoms with Crippen LogP contribution in [0.4, 0.5) is 0 Å². The fourth-order valence-electron chi connectivity index (χ4n) is 2.99. The summed E-state index contributed by atoms with van der Waals surface area (Å²) < 4.78 is 0. The van der Waals surface area contributed by atoms with Gasteiger partial charge in [0.25, 0.3) is 0 Å². The first-order chi connectivity index (χ1) is 8.93. The van der Waals surface area contributed by atoms with Crippen molar-refractivity contribution in [3.8, 4) is 0 Å². The molecule has 2 N–H and O–H groups in total. The molecule has 1 saturated heterocycles. The van der Waals surface area contributed by atoms with E-state index in [0.29, 0.717) is 12.5 Å². The van der Waals surface area contributed by atoms with Crippen molar-refractivity contribution >= 4 is 17.8 Å². The maximum atomic E-state index is 11.1. The third-order valence-electron chi connectivity index (χ3n) is 4.22. The summed E-state index contributed by atoms with van der Waals surface area (Å²) in [7, 11) is 4.15. The van der Waals surface area contributed by atoms with Gasteiger partial charge in [-0.1, -0.05) is 19.8 Å². The summed E-state index contributed by atoms with van der Waals surface area (Å²) in [4.78, 5) is 28.8. The number of guanidine groups is 1. The van der Waals surface area contributed by atoms with Crippen LogP contribution in [0, 0.1) is 5.92 Å². The largest absolute Gasteiger partial charge is 0.316 e. The molecule has 2 rings (SSSR count). The summed E-state index contributed by atoms with van der Waals surface area (Å²) >= 11 is 0. The average Bonchev–Trinajstić information content (AvgIpc) is 2.66. The Morgan fingerprint density at radius 3 is 2.47 bits per heavy atom. The average molecular weight is 266 g/mol. The lowest BCUT2D eigenvalue weighted by Crippen LogP contribution is -2.50. The number of carbonyl (C=O) groups excluding carboxylic acids is 2. The highest BCUT2D eigenvalue weighted by Gasteiger charge is 2.37. The molecule has 0 spiro atoms. The van der Waals surface area contributed by atoms with Gasteiger partial charge in [0.15, 0.2) is 0 Å². The highest BCUT2D eigenvalue weighted by molar-refractivity contribution is 6.45. The van der Waals surface area contributed by atoms with Crippen LogP contribution < -0.4 is 10.6 Å². The van der Waals surface area contributed by atoms with Gasteiger partial charge in [-0.3, -0.25) is 25.2 Å². The monoisotopic (exact) mass is 266 g/mol. The number of aliphatic imine (C=N–C) groups is 1. The van der Waals surface area contributed by atoms with Crippen molar-refractivity contribution in [1.82, 2.24) is 15.5 Å². The number of nitrogens with one attached hydrogen (secondary N) is 2. The summed E-state index contributed by atoms with van der Waals surface area (Å²) in [6, 6.07) is 0. The van der Waals surface area contributed by atoms with Gasteiger partial charge in [0.2, 0.25) is 5.96 Å². The predicted octanol–water partition coefficient (Wildman–Crippen LogP) is 0.0989. The van der Waals surface area contributed by atoms with Crippen molar-refractivity contribution in [1.29, 1.82) is 0 Å². The van der Waals surface area contributed by atoms with Gasteiger partial charge in [-0.2, -0.15) is 0 Å². The maximum absolute atomic E-state index is 11.1. The van der Waals surface area contributed by atoms with Gasteiger partial charge in [0.05, 0.1) is 6.54 Å². The summed E-state index contributed by atoms with van der Waals surface area (Å²) in [5, 5.41) is 4.88. The lowest BCUT2D eigenvalue weighted by molar-refractivity contribution is -0.135. The highest BCUT2D eigenvalue weighted by Crippen LogP contribution is 2.35. The van der Waals surface area contributed by atoms with E-state index >= 15 is 0 Å². The van der Waals surface area contributed by atoms with Crippen LogP contribution in [-0.2, 0) is 9.59 Å². The van der Waals surface area contributed by atoms with Crippen LogP contribution in [0.1, 0.15) is 32.6 Å². The van der Waals surface area contributed by atoms with Crippen LogP contribution in [0.15, 0.2) is 4.99 Å². The Bertz CT molecular complexity index is 401. The van der Waals surface area contributed by atoms with E-state index in [9.17, 15) is 9.59 Å².